The van der Waals surface area contributed by atoms with E-state index in [4.69, 9.17) is 9.31 Å². The second kappa shape index (κ2) is 7.54. The van der Waals surface area contributed by atoms with E-state index in [9.17, 15) is 4.79 Å². The highest BCUT2D eigenvalue weighted by molar-refractivity contribution is 6.61. The molecule has 1 aliphatic carbocycles. The summed E-state index contributed by atoms with van der Waals surface area (Å²) in [6, 6.07) is 0.724. The molecule has 0 unspecified atom stereocenters. The Hall–Kier alpha value is -1.67. The first-order chi connectivity index (χ1) is 13.7. The van der Waals surface area contributed by atoms with Gasteiger partial charge < -0.3 is 19.1 Å². The zero-order chi connectivity index (χ0) is 20.8. The molecule has 3 fully saturated rings. The molecule has 0 radical (unpaired) electrons. The van der Waals surface area contributed by atoms with Crippen molar-refractivity contribution in [2.75, 3.05) is 18.0 Å². The van der Waals surface area contributed by atoms with Crippen molar-refractivity contribution >= 4 is 24.4 Å². The Morgan fingerprint density at radius 1 is 1.14 bits per heavy atom. The van der Waals surface area contributed by atoms with Crippen molar-refractivity contribution in [3.63, 3.8) is 0 Å². The third-order valence-electron chi connectivity index (χ3n) is 6.87. The summed E-state index contributed by atoms with van der Waals surface area (Å²) < 4.78 is 12.2. The van der Waals surface area contributed by atoms with Crippen molar-refractivity contribution in [1.29, 1.82) is 0 Å². The quantitative estimate of drug-likeness (QED) is 0.706. The molecule has 1 saturated carbocycles. The SMILES string of the molecule is CC(=O)N1CCCC[C@@H]1CN(c1ncc(B2OC(C)(C)C(C)(C)O2)cn1)C1CC1. The van der Waals surface area contributed by atoms with Gasteiger partial charge in [0, 0.05) is 50.0 Å². The fourth-order valence-corrected chi connectivity index (χ4v) is 4.19. The molecule has 0 aromatic carbocycles. The van der Waals surface area contributed by atoms with Gasteiger partial charge >= 0.3 is 7.12 Å². The summed E-state index contributed by atoms with van der Waals surface area (Å²) in [7, 11) is -0.449. The maximum absolute atomic E-state index is 12.1. The normalized spacial score (nSPS) is 25.9. The van der Waals surface area contributed by atoms with E-state index in [2.05, 4.69) is 14.9 Å². The Bertz CT molecular complexity index is 735. The van der Waals surface area contributed by atoms with Gasteiger partial charge in [-0.2, -0.15) is 0 Å². The lowest BCUT2D eigenvalue weighted by Crippen LogP contribution is -2.49. The van der Waals surface area contributed by atoms with Gasteiger partial charge in [-0.05, 0) is 59.8 Å². The van der Waals surface area contributed by atoms with Gasteiger partial charge in [0.15, 0.2) is 0 Å². The molecular weight excluding hydrogens is 367 g/mol. The van der Waals surface area contributed by atoms with Gasteiger partial charge in [0.1, 0.15) is 0 Å². The number of aromatic nitrogens is 2. The van der Waals surface area contributed by atoms with Crippen molar-refractivity contribution in [3.05, 3.63) is 12.4 Å². The second-order valence-electron chi connectivity index (χ2n) is 9.65. The summed E-state index contributed by atoms with van der Waals surface area (Å²) in [5, 5.41) is 0. The third-order valence-corrected chi connectivity index (χ3v) is 6.87. The number of likely N-dealkylation sites (tertiary alicyclic amines) is 1. The summed E-state index contributed by atoms with van der Waals surface area (Å²) in [4.78, 5) is 25.7. The van der Waals surface area contributed by atoms with Crippen LogP contribution in [0, 0.1) is 0 Å². The van der Waals surface area contributed by atoms with Crippen LogP contribution in [0.2, 0.25) is 0 Å². The fourth-order valence-electron chi connectivity index (χ4n) is 4.19. The lowest BCUT2D eigenvalue weighted by molar-refractivity contribution is -0.132. The molecule has 2 saturated heterocycles. The maximum Gasteiger partial charge on any atom is 0.498 e. The molecule has 1 aromatic rings. The van der Waals surface area contributed by atoms with Gasteiger partial charge in [0.25, 0.3) is 0 Å². The van der Waals surface area contributed by atoms with Crippen molar-refractivity contribution in [2.45, 2.75) is 90.0 Å². The molecule has 0 spiro atoms. The van der Waals surface area contributed by atoms with Crippen molar-refractivity contribution in [2.24, 2.45) is 0 Å². The Kier molecular flexibility index (Phi) is 5.36. The Morgan fingerprint density at radius 3 is 2.31 bits per heavy atom. The van der Waals surface area contributed by atoms with E-state index in [-0.39, 0.29) is 23.2 Å². The van der Waals surface area contributed by atoms with Crippen LogP contribution in [0.3, 0.4) is 0 Å². The molecule has 0 bridgehead atoms. The van der Waals surface area contributed by atoms with E-state index in [0.29, 0.717) is 6.04 Å². The molecule has 3 aliphatic rings. The van der Waals surface area contributed by atoms with Gasteiger partial charge in [-0.25, -0.2) is 9.97 Å². The molecule has 1 amide bonds. The molecule has 7 nitrogen and oxygen atoms in total. The summed E-state index contributed by atoms with van der Waals surface area (Å²) in [6.45, 7) is 11.5. The number of carbonyl (C=O) groups excluding carboxylic acids is 1. The van der Waals surface area contributed by atoms with Crippen LogP contribution in [0.15, 0.2) is 12.4 Å². The smallest absolute Gasteiger partial charge is 0.399 e. The Labute approximate surface area is 174 Å². The Balaban J connectivity index is 1.48. The van der Waals surface area contributed by atoms with E-state index in [1.807, 2.05) is 45.0 Å². The second-order valence-corrected chi connectivity index (χ2v) is 9.65. The monoisotopic (exact) mass is 400 g/mol. The molecule has 8 heteroatoms. The third kappa shape index (κ3) is 4.15. The number of piperidine rings is 1. The molecule has 2 aliphatic heterocycles. The molecular formula is C21H33BN4O3. The first kappa shape index (κ1) is 20.6. The lowest BCUT2D eigenvalue weighted by Gasteiger charge is -2.38. The zero-order valence-electron chi connectivity index (χ0n) is 18.4. The van der Waals surface area contributed by atoms with Crippen molar-refractivity contribution in [1.82, 2.24) is 14.9 Å². The molecule has 158 valence electrons. The van der Waals surface area contributed by atoms with Crippen LogP contribution in [0.25, 0.3) is 0 Å². The average molecular weight is 400 g/mol. The molecule has 29 heavy (non-hydrogen) atoms. The minimum atomic E-state index is -0.449. The number of rotatable bonds is 5. The number of anilines is 1. The van der Waals surface area contributed by atoms with E-state index >= 15 is 0 Å². The van der Waals surface area contributed by atoms with E-state index in [1.165, 1.54) is 6.42 Å². The molecule has 3 heterocycles. The van der Waals surface area contributed by atoms with Gasteiger partial charge in [-0.3, -0.25) is 4.79 Å². The van der Waals surface area contributed by atoms with Crippen molar-refractivity contribution < 1.29 is 14.1 Å². The number of nitrogens with zero attached hydrogens (tertiary/aromatic N) is 4. The van der Waals surface area contributed by atoms with Gasteiger partial charge in [-0.1, -0.05) is 0 Å². The standard InChI is InChI=1S/C21H33BN4O3/c1-15(27)25-11-7-6-8-18(25)14-26(17-9-10-17)19-23-12-16(13-24-19)22-28-20(2,3)21(4,5)29-22/h12-13,17-18H,6-11,14H2,1-5H3/t18-/m1/s1. The lowest BCUT2D eigenvalue weighted by atomic mass is 9.81. The summed E-state index contributed by atoms with van der Waals surface area (Å²) in [5.74, 6) is 0.907. The number of amides is 1. The number of carbonyl (C=O) groups is 1. The highest BCUT2D eigenvalue weighted by Gasteiger charge is 2.52. The molecule has 0 N–H and O–H groups in total. The first-order valence-electron chi connectivity index (χ1n) is 10.9. The van der Waals surface area contributed by atoms with Crippen LogP contribution >= 0.6 is 0 Å². The molecule has 1 atom stereocenters. The molecule has 1 aromatic heterocycles. The topological polar surface area (TPSA) is 67.8 Å². The van der Waals surface area contributed by atoms with Crippen LogP contribution < -0.4 is 10.4 Å². The Morgan fingerprint density at radius 2 is 1.76 bits per heavy atom. The summed E-state index contributed by atoms with van der Waals surface area (Å²) >= 11 is 0. The van der Waals surface area contributed by atoms with E-state index in [0.717, 1.165) is 50.2 Å². The molecule has 4 rings (SSSR count). The largest absolute Gasteiger partial charge is 0.498 e. The number of hydrogen-bond donors (Lipinski definition) is 0. The van der Waals surface area contributed by atoms with Gasteiger partial charge in [-0.15, -0.1) is 0 Å². The minimum absolute atomic E-state index is 0.169. The summed E-state index contributed by atoms with van der Waals surface area (Å²) in [6.07, 6.45) is 9.29. The zero-order valence-corrected chi connectivity index (χ0v) is 18.4. The highest BCUT2D eigenvalue weighted by Crippen LogP contribution is 2.36. The van der Waals surface area contributed by atoms with Crippen LogP contribution in [0.5, 0.6) is 0 Å². The maximum atomic E-state index is 12.1. The van der Waals surface area contributed by atoms with Crippen LogP contribution in [0.4, 0.5) is 5.95 Å². The fraction of sp³-hybridized carbons (Fsp3) is 0.762. The minimum Gasteiger partial charge on any atom is -0.399 e. The van der Waals surface area contributed by atoms with Gasteiger partial charge in [0.05, 0.1) is 11.2 Å². The summed E-state index contributed by atoms with van der Waals surface area (Å²) in [5.41, 5.74) is 0.0762. The first-order valence-corrected chi connectivity index (χ1v) is 10.9. The van der Waals surface area contributed by atoms with E-state index in [1.54, 1.807) is 6.92 Å². The van der Waals surface area contributed by atoms with Crippen LogP contribution in [-0.2, 0) is 14.1 Å². The number of hydrogen-bond acceptors (Lipinski definition) is 6. The van der Waals surface area contributed by atoms with Crippen LogP contribution in [-0.4, -0.2) is 64.3 Å². The average Bonchev–Trinajstić information content (AvgIpc) is 3.47. The van der Waals surface area contributed by atoms with Crippen LogP contribution in [0.1, 0.15) is 66.7 Å². The highest BCUT2D eigenvalue weighted by atomic mass is 16.7. The predicted octanol–water partition coefficient (Wildman–Crippen LogP) is 2.15. The van der Waals surface area contributed by atoms with Gasteiger partial charge in [0.2, 0.25) is 11.9 Å². The predicted molar refractivity (Wildman–Crippen MR) is 113 cm³/mol. The van der Waals surface area contributed by atoms with Crippen molar-refractivity contribution in [3.8, 4) is 0 Å². The van der Waals surface area contributed by atoms with E-state index < -0.39 is 7.12 Å².